The van der Waals surface area contributed by atoms with Crippen molar-refractivity contribution in [3.8, 4) is 0 Å². The number of aryl methyl sites for hydroxylation is 1. The summed E-state index contributed by atoms with van der Waals surface area (Å²) in [5, 5.41) is 5.74. The van der Waals surface area contributed by atoms with Crippen LogP contribution in [0.4, 0.5) is 19.3 Å². The van der Waals surface area contributed by atoms with Crippen molar-refractivity contribution in [3.63, 3.8) is 0 Å². The van der Waals surface area contributed by atoms with Crippen LogP contribution in [0, 0.1) is 18.6 Å². The molecule has 0 heterocycles. The maximum Gasteiger partial charge on any atom is 0.407 e. The van der Waals surface area contributed by atoms with Gasteiger partial charge in [-0.1, -0.05) is 30.3 Å². The third-order valence-corrected chi connectivity index (χ3v) is 4.28. The van der Waals surface area contributed by atoms with Crippen LogP contribution < -0.4 is 10.6 Å². The maximum atomic E-state index is 13.8. The molecular weight excluding hydrogens is 326 g/mol. The lowest BCUT2D eigenvalue weighted by Gasteiger charge is -2.36. The molecule has 0 bridgehead atoms. The summed E-state index contributed by atoms with van der Waals surface area (Å²) in [6.45, 7) is 1.74. The number of hydrogen-bond donors (Lipinski definition) is 2. The lowest BCUT2D eigenvalue weighted by Crippen LogP contribution is -2.49. The number of alkyl carbamates (subject to hydrolysis) is 1. The van der Waals surface area contributed by atoms with Crippen LogP contribution in [0.2, 0.25) is 0 Å². The van der Waals surface area contributed by atoms with Gasteiger partial charge >= 0.3 is 6.09 Å². The van der Waals surface area contributed by atoms with Crippen LogP contribution in [-0.2, 0) is 11.3 Å². The number of hydrogen-bond acceptors (Lipinski definition) is 3. The molecule has 2 aromatic rings. The molecule has 1 saturated carbocycles. The van der Waals surface area contributed by atoms with Gasteiger partial charge in [0.1, 0.15) is 18.2 Å². The van der Waals surface area contributed by atoms with Crippen LogP contribution in [0.3, 0.4) is 0 Å². The Morgan fingerprint density at radius 2 is 1.84 bits per heavy atom. The number of halogens is 2. The number of ether oxygens (including phenoxy) is 1. The molecule has 0 aliphatic heterocycles. The van der Waals surface area contributed by atoms with Crippen LogP contribution in [-0.4, -0.2) is 18.2 Å². The number of benzene rings is 2. The molecule has 0 aromatic heterocycles. The molecule has 3 rings (SSSR count). The highest BCUT2D eigenvalue weighted by Gasteiger charge is 2.31. The van der Waals surface area contributed by atoms with Crippen LogP contribution in [0.1, 0.15) is 24.0 Å². The van der Waals surface area contributed by atoms with Gasteiger partial charge in [0.15, 0.2) is 0 Å². The van der Waals surface area contributed by atoms with Gasteiger partial charge in [-0.3, -0.25) is 0 Å². The van der Waals surface area contributed by atoms with E-state index in [1.54, 1.807) is 0 Å². The molecule has 0 saturated heterocycles. The third kappa shape index (κ3) is 4.47. The van der Waals surface area contributed by atoms with E-state index >= 15 is 0 Å². The molecule has 1 aliphatic rings. The van der Waals surface area contributed by atoms with E-state index in [1.807, 2.05) is 30.3 Å². The Bertz CT molecular complexity index is 747. The molecule has 0 radical (unpaired) electrons. The average Bonchev–Trinajstić information content (AvgIpc) is 2.56. The summed E-state index contributed by atoms with van der Waals surface area (Å²) < 4.78 is 32.5. The third-order valence-electron chi connectivity index (χ3n) is 4.28. The summed E-state index contributed by atoms with van der Waals surface area (Å²) >= 11 is 0. The second-order valence-electron chi connectivity index (χ2n) is 6.30. The summed E-state index contributed by atoms with van der Waals surface area (Å²) in [6, 6.07) is 11.7. The molecule has 1 aliphatic carbocycles. The van der Waals surface area contributed by atoms with Gasteiger partial charge in [-0.15, -0.1) is 0 Å². The number of rotatable bonds is 5. The second kappa shape index (κ2) is 7.51. The Kier molecular flexibility index (Phi) is 5.16. The van der Waals surface area contributed by atoms with Crippen molar-refractivity contribution in [3.05, 3.63) is 65.2 Å². The first-order chi connectivity index (χ1) is 12.0. The first-order valence-electron chi connectivity index (χ1n) is 8.20. The fourth-order valence-corrected chi connectivity index (χ4v) is 2.76. The van der Waals surface area contributed by atoms with Gasteiger partial charge in [-0.05, 0) is 37.0 Å². The van der Waals surface area contributed by atoms with Crippen LogP contribution in [0.15, 0.2) is 42.5 Å². The van der Waals surface area contributed by atoms with E-state index in [1.165, 1.54) is 19.1 Å². The van der Waals surface area contributed by atoms with E-state index < -0.39 is 17.7 Å². The SMILES string of the molecule is Cc1cc(F)c(NC2CC(NC(=O)OCc3ccccc3)C2)cc1F. The van der Waals surface area contributed by atoms with Crippen LogP contribution in [0.5, 0.6) is 0 Å². The van der Waals surface area contributed by atoms with Crippen molar-refractivity contribution in [2.75, 3.05) is 5.32 Å². The molecule has 6 heteroatoms. The normalized spacial score (nSPS) is 19.0. The van der Waals surface area contributed by atoms with E-state index in [9.17, 15) is 13.6 Å². The fraction of sp³-hybridized carbons (Fsp3) is 0.316. The van der Waals surface area contributed by atoms with Gasteiger partial charge in [0.05, 0.1) is 5.69 Å². The molecule has 1 amide bonds. The smallest absolute Gasteiger partial charge is 0.407 e. The number of anilines is 1. The van der Waals surface area contributed by atoms with Gasteiger partial charge in [-0.25, -0.2) is 13.6 Å². The van der Waals surface area contributed by atoms with Crippen molar-refractivity contribution in [2.24, 2.45) is 0 Å². The van der Waals surface area contributed by atoms with Crippen LogP contribution >= 0.6 is 0 Å². The minimum Gasteiger partial charge on any atom is -0.445 e. The standard InChI is InChI=1S/C19H20F2N2O2/c1-12-7-17(21)18(10-16(12)20)22-14-8-15(9-14)23-19(24)25-11-13-5-3-2-4-6-13/h2-7,10,14-15,22H,8-9,11H2,1H3,(H,23,24). The molecule has 2 N–H and O–H groups in total. The minimum absolute atomic E-state index is 0.00368. The van der Waals surface area contributed by atoms with Gasteiger partial charge in [0.2, 0.25) is 0 Å². The maximum absolute atomic E-state index is 13.8. The Morgan fingerprint density at radius 1 is 1.12 bits per heavy atom. The van der Waals surface area contributed by atoms with E-state index in [0.717, 1.165) is 5.56 Å². The molecule has 132 valence electrons. The summed E-state index contributed by atoms with van der Waals surface area (Å²) in [5.41, 5.74) is 1.35. The Balaban J connectivity index is 1.41. The Hall–Kier alpha value is -2.63. The van der Waals surface area contributed by atoms with Gasteiger partial charge in [0, 0.05) is 18.2 Å². The number of carbonyl (C=O) groups is 1. The highest BCUT2D eigenvalue weighted by molar-refractivity contribution is 5.67. The molecular formula is C19H20F2N2O2. The zero-order valence-corrected chi connectivity index (χ0v) is 13.9. The van der Waals surface area contributed by atoms with Crippen molar-refractivity contribution < 1.29 is 18.3 Å². The van der Waals surface area contributed by atoms with E-state index in [4.69, 9.17) is 4.74 Å². The average molecular weight is 346 g/mol. The minimum atomic E-state index is -0.474. The molecule has 2 aromatic carbocycles. The topological polar surface area (TPSA) is 50.4 Å². The van der Waals surface area contributed by atoms with Gasteiger partial charge in [-0.2, -0.15) is 0 Å². The number of nitrogens with one attached hydrogen (secondary N) is 2. The number of amides is 1. The second-order valence-corrected chi connectivity index (χ2v) is 6.30. The fourth-order valence-electron chi connectivity index (χ4n) is 2.76. The Labute approximate surface area is 145 Å². The quantitative estimate of drug-likeness (QED) is 0.855. The van der Waals surface area contributed by atoms with E-state index in [0.29, 0.717) is 12.8 Å². The predicted octanol–water partition coefficient (Wildman–Crippen LogP) is 4.14. The van der Waals surface area contributed by atoms with Crippen molar-refractivity contribution in [2.45, 2.75) is 38.5 Å². The van der Waals surface area contributed by atoms with E-state index in [2.05, 4.69) is 10.6 Å². The van der Waals surface area contributed by atoms with Crippen LogP contribution in [0.25, 0.3) is 0 Å². The summed E-state index contributed by atoms with van der Waals surface area (Å²) in [6.07, 6.45) is 0.796. The molecule has 0 spiro atoms. The highest BCUT2D eigenvalue weighted by Crippen LogP contribution is 2.27. The largest absolute Gasteiger partial charge is 0.445 e. The van der Waals surface area contributed by atoms with E-state index in [-0.39, 0.29) is 29.9 Å². The first-order valence-corrected chi connectivity index (χ1v) is 8.20. The molecule has 0 atom stereocenters. The lowest BCUT2D eigenvalue weighted by atomic mass is 9.86. The zero-order valence-electron chi connectivity index (χ0n) is 13.9. The monoisotopic (exact) mass is 346 g/mol. The zero-order chi connectivity index (χ0) is 17.8. The molecule has 25 heavy (non-hydrogen) atoms. The molecule has 1 fully saturated rings. The molecule has 4 nitrogen and oxygen atoms in total. The summed E-state index contributed by atoms with van der Waals surface area (Å²) in [4.78, 5) is 11.8. The van der Waals surface area contributed by atoms with Crippen molar-refractivity contribution in [1.82, 2.24) is 5.32 Å². The summed E-state index contributed by atoms with van der Waals surface area (Å²) in [5.74, 6) is -0.917. The van der Waals surface area contributed by atoms with Crippen molar-refractivity contribution >= 4 is 11.8 Å². The Morgan fingerprint density at radius 3 is 2.56 bits per heavy atom. The van der Waals surface area contributed by atoms with Gasteiger partial charge < -0.3 is 15.4 Å². The van der Waals surface area contributed by atoms with Gasteiger partial charge in [0.25, 0.3) is 0 Å². The molecule has 0 unspecified atom stereocenters. The first kappa shape index (κ1) is 17.2. The van der Waals surface area contributed by atoms with Crippen molar-refractivity contribution in [1.29, 1.82) is 0 Å². The summed E-state index contributed by atoms with van der Waals surface area (Å²) in [7, 11) is 0. The highest BCUT2D eigenvalue weighted by atomic mass is 19.1. The predicted molar refractivity (Wildman–Crippen MR) is 91.3 cm³/mol. The number of carbonyl (C=O) groups excluding carboxylic acids is 1. The lowest BCUT2D eigenvalue weighted by molar-refractivity contribution is 0.129.